The summed E-state index contributed by atoms with van der Waals surface area (Å²) in [6, 6.07) is 3.64. The van der Waals surface area contributed by atoms with Crippen molar-refractivity contribution in [2.24, 2.45) is 0 Å². The molecule has 0 saturated carbocycles. The number of hydrogen-bond donors (Lipinski definition) is 2. The van der Waals surface area contributed by atoms with Gasteiger partial charge in [-0.05, 0) is 47.0 Å². The summed E-state index contributed by atoms with van der Waals surface area (Å²) in [5.41, 5.74) is 0.908. The maximum Gasteiger partial charge on any atom is 0.321 e. The first-order valence-electron chi connectivity index (χ1n) is 5.29. The molecular weight excluding hydrogens is 322 g/mol. The normalized spacial score (nSPS) is 13.3. The van der Waals surface area contributed by atoms with Crippen LogP contribution in [0, 0.1) is 6.92 Å². The monoisotopic (exact) mass is 335 g/mol. The molecule has 18 heavy (non-hydrogen) atoms. The average Bonchev–Trinajstić information content (AvgIpc) is 2.24. The third-order valence-electron chi connectivity index (χ3n) is 2.38. The lowest BCUT2D eigenvalue weighted by molar-refractivity contribution is -0.139. The Bertz CT molecular complexity index is 556. The van der Waals surface area contributed by atoms with Gasteiger partial charge in [0.1, 0.15) is 6.04 Å². The Kier molecular flexibility index (Phi) is 4.89. The second kappa shape index (κ2) is 5.81. The molecule has 0 aliphatic rings. The van der Waals surface area contributed by atoms with Crippen LogP contribution in [0.25, 0.3) is 0 Å². The molecule has 7 heteroatoms. The zero-order chi connectivity index (χ0) is 13.9. The van der Waals surface area contributed by atoms with Gasteiger partial charge in [0.2, 0.25) is 10.0 Å². The van der Waals surface area contributed by atoms with Crippen LogP contribution in [0.2, 0.25) is 0 Å². The highest BCUT2D eigenvalue weighted by Gasteiger charge is 2.25. The number of aliphatic carboxylic acids is 1. The first-order valence-corrected chi connectivity index (χ1v) is 7.57. The van der Waals surface area contributed by atoms with Crippen molar-refractivity contribution in [2.75, 3.05) is 0 Å². The number of hydrogen-bond acceptors (Lipinski definition) is 3. The van der Waals surface area contributed by atoms with Crippen LogP contribution in [0.1, 0.15) is 18.9 Å². The van der Waals surface area contributed by atoms with Gasteiger partial charge in [0.25, 0.3) is 0 Å². The Hall–Kier alpha value is -0.920. The highest BCUT2D eigenvalue weighted by atomic mass is 79.9. The number of sulfonamides is 1. The maximum atomic E-state index is 12.0. The summed E-state index contributed by atoms with van der Waals surface area (Å²) >= 11 is 3.17. The SMILES string of the molecule is CC[C@@H](NS(=O)(=O)c1ccc(C)cc1Br)C(=O)O. The molecule has 0 aromatic heterocycles. The fourth-order valence-corrected chi connectivity index (χ4v) is 3.85. The third kappa shape index (κ3) is 3.54. The average molecular weight is 336 g/mol. The van der Waals surface area contributed by atoms with Crippen molar-refractivity contribution in [3.63, 3.8) is 0 Å². The first-order chi connectivity index (χ1) is 8.27. The predicted octanol–water partition coefficient (Wildman–Crippen LogP) is 1.90. The van der Waals surface area contributed by atoms with Crippen LogP contribution in [0.4, 0.5) is 0 Å². The van der Waals surface area contributed by atoms with Crippen molar-refractivity contribution in [3.05, 3.63) is 28.2 Å². The van der Waals surface area contributed by atoms with Crippen molar-refractivity contribution >= 4 is 31.9 Å². The fourth-order valence-electron chi connectivity index (χ4n) is 1.38. The number of nitrogens with one attached hydrogen (secondary N) is 1. The van der Waals surface area contributed by atoms with Crippen molar-refractivity contribution in [2.45, 2.75) is 31.2 Å². The number of rotatable bonds is 5. The topological polar surface area (TPSA) is 83.5 Å². The zero-order valence-corrected chi connectivity index (χ0v) is 12.4. The van der Waals surface area contributed by atoms with Crippen LogP contribution in [0.3, 0.4) is 0 Å². The number of carbonyl (C=O) groups is 1. The van der Waals surface area contributed by atoms with Gasteiger partial charge in [-0.1, -0.05) is 13.0 Å². The molecule has 1 rings (SSSR count). The molecule has 1 aromatic carbocycles. The number of benzene rings is 1. The molecule has 0 radical (unpaired) electrons. The lowest BCUT2D eigenvalue weighted by atomic mass is 10.2. The van der Waals surface area contributed by atoms with Gasteiger partial charge in [-0.3, -0.25) is 4.79 Å². The van der Waals surface area contributed by atoms with Gasteiger partial charge in [0, 0.05) is 4.47 Å². The van der Waals surface area contributed by atoms with E-state index in [1.54, 1.807) is 19.1 Å². The summed E-state index contributed by atoms with van der Waals surface area (Å²) in [4.78, 5) is 10.9. The van der Waals surface area contributed by atoms with Crippen LogP contribution in [0.5, 0.6) is 0 Å². The molecule has 0 aliphatic heterocycles. The van der Waals surface area contributed by atoms with E-state index in [1.165, 1.54) is 6.07 Å². The lowest BCUT2D eigenvalue weighted by Crippen LogP contribution is -2.40. The van der Waals surface area contributed by atoms with E-state index in [2.05, 4.69) is 20.7 Å². The highest BCUT2D eigenvalue weighted by molar-refractivity contribution is 9.10. The van der Waals surface area contributed by atoms with Crippen LogP contribution >= 0.6 is 15.9 Å². The summed E-state index contributed by atoms with van der Waals surface area (Å²) in [6.07, 6.45) is 0.179. The Morgan fingerprint density at radius 1 is 1.50 bits per heavy atom. The van der Waals surface area contributed by atoms with Gasteiger partial charge in [-0.2, -0.15) is 4.72 Å². The van der Waals surface area contributed by atoms with Gasteiger partial charge >= 0.3 is 5.97 Å². The Morgan fingerprint density at radius 3 is 2.56 bits per heavy atom. The van der Waals surface area contributed by atoms with Crippen LogP contribution in [0.15, 0.2) is 27.6 Å². The number of carboxylic acids is 1. The van der Waals surface area contributed by atoms with E-state index in [0.29, 0.717) is 4.47 Å². The summed E-state index contributed by atoms with van der Waals surface area (Å²) in [5, 5.41) is 8.86. The van der Waals surface area contributed by atoms with Crippen molar-refractivity contribution < 1.29 is 18.3 Å². The molecule has 100 valence electrons. The fraction of sp³-hybridized carbons (Fsp3) is 0.364. The molecule has 0 saturated heterocycles. The summed E-state index contributed by atoms with van der Waals surface area (Å²) in [7, 11) is -3.84. The van der Waals surface area contributed by atoms with Crippen LogP contribution < -0.4 is 4.72 Å². The van der Waals surface area contributed by atoms with Gasteiger partial charge in [0.05, 0.1) is 4.90 Å². The first kappa shape index (κ1) is 15.1. The molecule has 1 atom stereocenters. The number of carboxylic acid groups (broad SMARTS) is 1. The Balaban J connectivity index is 3.10. The maximum absolute atomic E-state index is 12.0. The van der Waals surface area contributed by atoms with E-state index < -0.39 is 22.0 Å². The van der Waals surface area contributed by atoms with Crippen LogP contribution in [-0.2, 0) is 14.8 Å². The van der Waals surface area contributed by atoms with E-state index in [0.717, 1.165) is 5.56 Å². The van der Waals surface area contributed by atoms with Gasteiger partial charge < -0.3 is 5.11 Å². The van der Waals surface area contributed by atoms with Crippen molar-refractivity contribution in [1.29, 1.82) is 0 Å². The van der Waals surface area contributed by atoms with Crippen molar-refractivity contribution in [1.82, 2.24) is 4.72 Å². The molecule has 0 fully saturated rings. The minimum absolute atomic E-state index is 0.0350. The summed E-state index contributed by atoms with van der Waals surface area (Å²) in [5.74, 6) is -1.19. The molecule has 0 spiro atoms. The largest absolute Gasteiger partial charge is 0.480 e. The molecule has 5 nitrogen and oxygen atoms in total. The van der Waals surface area contributed by atoms with Gasteiger partial charge in [-0.15, -0.1) is 0 Å². The lowest BCUT2D eigenvalue weighted by Gasteiger charge is -2.14. The quantitative estimate of drug-likeness (QED) is 0.860. The van der Waals surface area contributed by atoms with Crippen LogP contribution in [-0.4, -0.2) is 25.5 Å². The summed E-state index contributed by atoms with van der Waals surface area (Å²) in [6.45, 7) is 3.44. The summed E-state index contributed by atoms with van der Waals surface area (Å²) < 4.78 is 26.6. The molecule has 2 N–H and O–H groups in total. The molecule has 0 amide bonds. The molecule has 0 bridgehead atoms. The zero-order valence-electron chi connectivity index (χ0n) is 9.97. The van der Waals surface area contributed by atoms with E-state index in [1.807, 2.05) is 6.92 Å². The van der Waals surface area contributed by atoms with E-state index >= 15 is 0 Å². The second-order valence-corrected chi connectivity index (χ2v) is 6.39. The molecule has 1 aromatic rings. The minimum atomic E-state index is -3.84. The van der Waals surface area contributed by atoms with E-state index in [-0.39, 0.29) is 11.3 Å². The Morgan fingerprint density at radius 2 is 2.11 bits per heavy atom. The van der Waals surface area contributed by atoms with Crippen molar-refractivity contribution in [3.8, 4) is 0 Å². The third-order valence-corrected chi connectivity index (χ3v) is 4.83. The highest BCUT2D eigenvalue weighted by Crippen LogP contribution is 2.23. The molecule has 0 aliphatic carbocycles. The second-order valence-electron chi connectivity index (χ2n) is 3.85. The van der Waals surface area contributed by atoms with Gasteiger partial charge in [0.15, 0.2) is 0 Å². The minimum Gasteiger partial charge on any atom is -0.480 e. The number of halogens is 1. The van der Waals surface area contributed by atoms with E-state index in [4.69, 9.17) is 5.11 Å². The van der Waals surface area contributed by atoms with E-state index in [9.17, 15) is 13.2 Å². The molecular formula is C11H14BrNO4S. The predicted molar refractivity (Wildman–Crippen MR) is 70.9 cm³/mol. The number of aryl methyl sites for hydroxylation is 1. The standard InChI is InChI=1S/C11H14BrNO4S/c1-3-9(11(14)15)13-18(16,17)10-5-4-7(2)6-8(10)12/h4-6,9,13H,3H2,1-2H3,(H,14,15)/t9-/m1/s1. The Labute approximate surface area is 114 Å². The molecule has 0 heterocycles. The molecule has 0 unspecified atom stereocenters. The van der Waals surface area contributed by atoms with Gasteiger partial charge in [-0.25, -0.2) is 8.42 Å². The smallest absolute Gasteiger partial charge is 0.321 e.